The van der Waals surface area contributed by atoms with Crippen molar-refractivity contribution >= 4 is 29.4 Å². The van der Waals surface area contributed by atoms with Crippen LogP contribution >= 0.6 is 11.6 Å². The first kappa shape index (κ1) is 43.0. The molecule has 0 saturated heterocycles. The van der Waals surface area contributed by atoms with Crippen LogP contribution in [-0.4, -0.2) is 24.3 Å². The topological polar surface area (TPSA) is 63.1 Å². The zero-order chi connectivity index (χ0) is 34.9. The Hall–Kier alpha value is -2.98. The van der Waals surface area contributed by atoms with Crippen molar-refractivity contribution in [3.63, 3.8) is 0 Å². The first-order chi connectivity index (χ1) is 21.9. The Labute approximate surface area is 288 Å². The molecule has 3 atom stereocenters. The molecular formula is C41H65ClN4. The molecule has 0 aliphatic carbocycles. The molecule has 0 aliphatic rings. The Balaban J connectivity index is 5.36. The van der Waals surface area contributed by atoms with Gasteiger partial charge in [-0.1, -0.05) is 125 Å². The van der Waals surface area contributed by atoms with Crippen LogP contribution in [0.4, 0.5) is 0 Å². The minimum atomic E-state index is 0.449. The molecule has 0 aliphatic heterocycles. The summed E-state index contributed by atoms with van der Waals surface area (Å²) >= 11 is 6.59. The zero-order valence-electron chi connectivity index (χ0n) is 30.7. The summed E-state index contributed by atoms with van der Waals surface area (Å²) in [5.74, 6) is 2.20. The van der Waals surface area contributed by atoms with Crippen molar-refractivity contribution in [3.8, 4) is 0 Å². The van der Waals surface area contributed by atoms with Gasteiger partial charge in [0.2, 0.25) is 0 Å². The molecule has 0 fully saturated rings. The van der Waals surface area contributed by atoms with Gasteiger partial charge in [-0.2, -0.15) is 0 Å². The van der Waals surface area contributed by atoms with E-state index >= 15 is 0 Å². The fourth-order valence-corrected chi connectivity index (χ4v) is 5.50. The summed E-state index contributed by atoms with van der Waals surface area (Å²) in [5, 5.41) is 0.553. The predicted octanol–water partition coefficient (Wildman–Crippen LogP) is 12.4. The molecule has 5 heteroatoms. The lowest BCUT2D eigenvalue weighted by atomic mass is 9.78. The van der Waals surface area contributed by atoms with Crippen LogP contribution in [0.5, 0.6) is 0 Å². The molecule has 0 heterocycles. The number of halogens is 1. The van der Waals surface area contributed by atoms with Crippen molar-refractivity contribution in [1.29, 1.82) is 0 Å². The summed E-state index contributed by atoms with van der Waals surface area (Å²) in [5.41, 5.74) is 11.9. The molecule has 4 nitrogen and oxygen atoms in total. The Morgan fingerprint density at radius 1 is 0.913 bits per heavy atom. The SMILES string of the molecule is C=C(/C=C(/Cl)C(CCC)=NC(C)=C(C)CC=CC=C(C)CC(=C)C(CCC(C)C=CCC=CCN=CC)C(C)CCC)N=C(C)N. The van der Waals surface area contributed by atoms with Gasteiger partial charge in [0.05, 0.1) is 28.8 Å². The zero-order valence-corrected chi connectivity index (χ0v) is 31.5. The average Bonchev–Trinajstić information content (AvgIpc) is 2.98. The standard InChI is InChI=1S/C41H65ClN4/c1-12-21-34(7)39(27-26-31(4)23-17-15-16-20-28-44-14-3)35(8)29-32(5)24-18-19-25-33(6)37(10)46-41(22-13-2)40(42)30-36(9)45-38(11)43/h14,16-20,23-24,30-31,34,39H,8-9,12-13,15,21-22,25-29H2,1-7,10-11H3,(H2,43,45)/b19-18?,20-16?,23-17?,32-24?,37-33?,40-30+,44-14?,46-41?. The van der Waals surface area contributed by atoms with Crippen LogP contribution in [0.25, 0.3) is 0 Å². The molecule has 0 bridgehead atoms. The van der Waals surface area contributed by atoms with Gasteiger partial charge in [0, 0.05) is 5.70 Å². The van der Waals surface area contributed by atoms with Gasteiger partial charge in [-0.3, -0.25) is 9.98 Å². The molecule has 0 aromatic heterocycles. The summed E-state index contributed by atoms with van der Waals surface area (Å²) in [6.07, 6.45) is 28.4. The molecule has 0 spiro atoms. The van der Waals surface area contributed by atoms with Gasteiger partial charge in [0.25, 0.3) is 0 Å². The van der Waals surface area contributed by atoms with E-state index in [2.05, 4.69) is 107 Å². The normalized spacial score (nSPS) is 16.6. The number of rotatable bonds is 23. The van der Waals surface area contributed by atoms with E-state index < -0.39 is 0 Å². The van der Waals surface area contributed by atoms with Gasteiger partial charge in [-0.15, -0.1) is 0 Å². The molecule has 0 aromatic carbocycles. The van der Waals surface area contributed by atoms with E-state index in [0.717, 1.165) is 50.1 Å². The second kappa shape index (κ2) is 26.1. The van der Waals surface area contributed by atoms with E-state index in [1.54, 1.807) is 13.0 Å². The smallest absolute Gasteiger partial charge is 0.0964 e. The van der Waals surface area contributed by atoms with Gasteiger partial charge >= 0.3 is 0 Å². The summed E-state index contributed by atoms with van der Waals surface area (Å²) in [6, 6.07) is 0. The monoisotopic (exact) mass is 648 g/mol. The van der Waals surface area contributed by atoms with Crippen molar-refractivity contribution in [3.05, 3.63) is 94.9 Å². The highest BCUT2D eigenvalue weighted by Crippen LogP contribution is 2.33. The maximum absolute atomic E-state index is 6.59. The van der Waals surface area contributed by atoms with E-state index in [4.69, 9.17) is 22.3 Å². The Morgan fingerprint density at radius 2 is 1.63 bits per heavy atom. The Bertz CT molecular complexity index is 1200. The number of hydrogen-bond acceptors (Lipinski definition) is 3. The molecule has 2 N–H and O–H groups in total. The van der Waals surface area contributed by atoms with Crippen molar-refractivity contribution < 1.29 is 0 Å². The highest BCUT2D eigenvalue weighted by molar-refractivity contribution is 6.43. The molecule has 0 saturated carbocycles. The predicted molar refractivity (Wildman–Crippen MR) is 210 cm³/mol. The Kier molecular flexibility index (Phi) is 24.4. The first-order valence-corrected chi connectivity index (χ1v) is 17.6. The van der Waals surface area contributed by atoms with Gasteiger partial charge in [0.1, 0.15) is 0 Å². The van der Waals surface area contributed by atoms with Crippen molar-refractivity contribution in [1.82, 2.24) is 0 Å². The number of amidine groups is 1. The maximum atomic E-state index is 6.59. The molecule has 46 heavy (non-hydrogen) atoms. The number of nitrogens with two attached hydrogens (primary N) is 1. The van der Waals surface area contributed by atoms with Crippen LogP contribution in [0.15, 0.2) is 110 Å². The van der Waals surface area contributed by atoms with Crippen LogP contribution < -0.4 is 5.73 Å². The number of hydrogen-bond donors (Lipinski definition) is 1. The van der Waals surface area contributed by atoms with Crippen LogP contribution in [0, 0.1) is 17.8 Å². The third-order valence-electron chi connectivity index (χ3n) is 7.93. The summed E-state index contributed by atoms with van der Waals surface area (Å²) in [7, 11) is 0. The molecular weight excluding hydrogens is 584 g/mol. The lowest BCUT2D eigenvalue weighted by Crippen LogP contribution is -2.15. The third kappa shape index (κ3) is 20.9. The summed E-state index contributed by atoms with van der Waals surface area (Å²) < 4.78 is 0. The van der Waals surface area contributed by atoms with Gasteiger partial charge in [0.15, 0.2) is 0 Å². The van der Waals surface area contributed by atoms with E-state index in [1.807, 2.05) is 20.1 Å². The number of aliphatic imine (C=N–C) groups is 3. The van der Waals surface area contributed by atoms with E-state index in [0.29, 0.717) is 34.3 Å². The molecule has 256 valence electrons. The average molecular weight is 649 g/mol. The van der Waals surface area contributed by atoms with Gasteiger partial charge in [-0.25, -0.2) is 4.99 Å². The number of nitrogens with zero attached hydrogens (tertiary/aromatic N) is 3. The highest BCUT2D eigenvalue weighted by Gasteiger charge is 2.20. The lowest BCUT2D eigenvalue weighted by molar-refractivity contribution is 0.338. The van der Waals surface area contributed by atoms with E-state index in [1.165, 1.54) is 42.4 Å². The Morgan fingerprint density at radius 3 is 2.26 bits per heavy atom. The number of allylic oxidation sites excluding steroid dienone is 12. The molecule has 0 amide bonds. The second-order valence-corrected chi connectivity index (χ2v) is 13.0. The quantitative estimate of drug-likeness (QED) is 0.0509. The minimum Gasteiger partial charge on any atom is -0.387 e. The third-order valence-corrected chi connectivity index (χ3v) is 8.26. The van der Waals surface area contributed by atoms with Crippen molar-refractivity contribution in [2.45, 2.75) is 120 Å². The van der Waals surface area contributed by atoms with Crippen LogP contribution in [0.3, 0.4) is 0 Å². The van der Waals surface area contributed by atoms with E-state index in [-0.39, 0.29) is 0 Å². The van der Waals surface area contributed by atoms with Crippen LogP contribution in [0.2, 0.25) is 0 Å². The molecule has 3 unspecified atom stereocenters. The molecule has 0 rings (SSSR count). The van der Waals surface area contributed by atoms with Gasteiger partial charge < -0.3 is 5.73 Å². The van der Waals surface area contributed by atoms with E-state index in [9.17, 15) is 0 Å². The van der Waals surface area contributed by atoms with Gasteiger partial charge in [-0.05, 0) is 109 Å². The largest absolute Gasteiger partial charge is 0.387 e. The fourth-order valence-electron chi connectivity index (χ4n) is 5.24. The second-order valence-electron chi connectivity index (χ2n) is 12.6. The minimum absolute atomic E-state index is 0.449. The first-order valence-electron chi connectivity index (χ1n) is 17.2. The maximum Gasteiger partial charge on any atom is 0.0964 e. The summed E-state index contributed by atoms with van der Waals surface area (Å²) in [6.45, 7) is 28.5. The highest BCUT2D eigenvalue weighted by atomic mass is 35.5. The molecule has 0 radical (unpaired) electrons. The molecule has 0 aromatic rings. The van der Waals surface area contributed by atoms with Crippen molar-refractivity contribution in [2.75, 3.05) is 6.54 Å². The van der Waals surface area contributed by atoms with Crippen molar-refractivity contribution in [2.24, 2.45) is 38.5 Å². The summed E-state index contributed by atoms with van der Waals surface area (Å²) in [4.78, 5) is 13.2. The fraction of sp³-hybridized carbons (Fsp3) is 0.537. The van der Waals surface area contributed by atoms with Crippen LogP contribution in [0.1, 0.15) is 120 Å². The van der Waals surface area contributed by atoms with Crippen LogP contribution in [-0.2, 0) is 0 Å². The lowest BCUT2D eigenvalue weighted by Gasteiger charge is -2.27.